The molecule has 11 heteroatoms. The zero-order valence-electron chi connectivity index (χ0n) is 12.9. The second-order valence-electron chi connectivity index (χ2n) is 5.44. The largest absolute Gasteiger partial charge is 0.470 e. The number of hydrogen-bond acceptors (Lipinski definition) is 7. The Hall–Kier alpha value is -2.17. The third kappa shape index (κ3) is 4.47. The molecule has 134 valence electrons. The standard InChI is InChI=1S/C14H14F3N5O2S/c15-14(16,17)12-21-20-11(24-12)9-3-1-6-22(7-9)10(23)8-25-13-18-4-2-5-19-13/h2,4-5,9H,1,3,6-8H2/t9-/m1/s1. The molecule has 0 unspecified atom stereocenters. The van der Waals surface area contributed by atoms with Crippen molar-refractivity contribution in [1.29, 1.82) is 0 Å². The number of piperidine rings is 1. The first-order valence-electron chi connectivity index (χ1n) is 7.51. The maximum Gasteiger partial charge on any atom is 0.470 e. The molecule has 1 fully saturated rings. The van der Waals surface area contributed by atoms with Crippen LogP contribution in [0.15, 0.2) is 28.0 Å². The van der Waals surface area contributed by atoms with Crippen LogP contribution in [0.1, 0.15) is 30.5 Å². The quantitative estimate of drug-likeness (QED) is 0.601. The fourth-order valence-electron chi connectivity index (χ4n) is 2.50. The molecule has 2 aromatic heterocycles. The van der Waals surface area contributed by atoms with Gasteiger partial charge in [-0.3, -0.25) is 4.79 Å². The molecular weight excluding hydrogens is 359 g/mol. The highest BCUT2D eigenvalue weighted by molar-refractivity contribution is 7.99. The fraction of sp³-hybridized carbons (Fsp3) is 0.500. The molecule has 3 rings (SSSR count). The summed E-state index contributed by atoms with van der Waals surface area (Å²) >= 11 is 1.21. The van der Waals surface area contributed by atoms with Crippen LogP contribution >= 0.6 is 11.8 Å². The lowest BCUT2D eigenvalue weighted by atomic mass is 9.98. The summed E-state index contributed by atoms with van der Waals surface area (Å²) < 4.78 is 42.4. The Kier molecular flexibility index (Phi) is 5.21. The van der Waals surface area contributed by atoms with E-state index in [1.54, 1.807) is 23.4 Å². The van der Waals surface area contributed by atoms with Gasteiger partial charge in [0.15, 0.2) is 5.16 Å². The summed E-state index contributed by atoms with van der Waals surface area (Å²) in [7, 11) is 0. The first-order chi connectivity index (χ1) is 11.9. The molecule has 0 aliphatic carbocycles. The highest BCUT2D eigenvalue weighted by Crippen LogP contribution is 2.32. The average molecular weight is 373 g/mol. The first-order valence-corrected chi connectivity index (χ1v) is 8.50. The number of nitrogens with zero attached hydrogens (tertiary/aromatic N) is 5. The number of alkyl halides is 3. The predicted molar refractivity (Wildman–Crippen MR) is 80.6 cm³/mol. The number of likely N-dealkylation sites (tertiary alicyclic amines) is 1. The molecule has 1 atom stereocenters. The summed E-state index contributed by atoms with van der Waals surface area (Å²) in [5.41, 5.74) is 0. The van der Waals surface area contributed by atoms with Crippen molar-refractivity contribution in [2.75, 3.05) is 18.8 Å². The van der Waals surface area contributed by atoms with Gasteiger partial charge < -0.3 is 9.32 Å². The van der Waals surface area contributed by atoms with Gasteiger partial charge in [-0.25, -0.2) is 9.97 Å². The molecule has 2 aromatic rings. The molecule has 1 amide bonds. The van der Waals surface area contributed by atoms with Crippen molar-refractivity contribution >= 4 is 17.7 Å². The van der Waals surface area contributed by atoms with Crippen LogP contribution in [-0.4, -0.2) is 49.8 Å². The number of thioether (sulfide) groups is 1. The predicted octanol–water partition coefficient (Wildman–Crippen LogP) is 2.38. The summed E-state index contributed by atoms with van der Waals surface area (Å²) in [5.74, 6) is -1.79. The maximum absolute atomic E-state index is 12.6. The van der Waals surface area contributed by atoms with Crippen molar-refractivity contribution in [3.63, 3.8) is 0 Å². The van der Waals surface area contributed by atoms with E-state index in [0.717, 1.165) is 0 Å². The maximum atomic E-state index is 12.6. The first kappa shape index (κ1) is 17.6. The van der Waals surface area contributed by atoms with Gasteiger partial charge >= 0.3 is 12.1 Å². The normalized spacial score (nSPS) is 18.4. The van der Waals surface area contributed by atoms with E-state index >= 15 is 0 Å². The lowest BCUT2D eigenvalue weighted by molar-refractivity contribution is -0.157. The number of aromatic nitrogens is 4. The Labute approximate surface area is 145 Å². The smallest absolute Gasteiger partial charge is 0.417 e. The number of carbonyl (C=O) groups is 1. The van der Waals surface area contributed by atoms with Gasteiger partial charge in [-0.1, -0.05) is 11.8 Å². The monoisotopic (exact) mass is 373 g/mol. The summed E-state index contributed by atoms with van der Waals surface area (Å²) in [6, 6.07) is 1.68. The third-order valence-electron chi connectivity index (χ3n) is 3.67. The van der Waals surface area contributed by atoms with Gasteiger partial charge in [-0.05, 0) is 18.9 Å². The molecule has 0 spiro atoms. The number of carbonyl (C=O) groups excluding carboxylic acids is 1. The van der Waals surface area contributed by atoms with E-state index in [2.05, 4.69) is 20.2 Å². The molecule has 0 radical (unpaired) electrons. The molecule has 3 heterocycles. The summed E-state index contributed by atoms with van der Waals surface area (Å²) in [6.45, 7) is 0.806. The van der Waals surface area contributed by atoms with Crippen LogP contribution in [0.3, 0.4) is 0 Å². The zero-order chi connectivity index (χ0) is 17.9. The topological polar surface area (TPSA) is 85.0 Å². The van der Waals surface area contributed by atoms with Crippen LogP contribution in [0.2, 0.25) is 0 Å². The van der Waals surface area contributed by atoms with E-state index in [1.165, 1.54) is 11.8 Å². The van der Waals surface area contributed by atoms with Crippen molar-refractivity contribution in [2.24, 2.45) is 0 Å². The molecule has 0 bridgehead atoms. The molecule has 0 saturated carbocycles. The number of rotatable bonds is 4. The van der Waals surface area contributed by atoms with Gasteiger partial charge in [0, 0.05) is 25.5 Å². The molecule has 1 aliphatic heterocycles. The molecular formula is C14H14F3N5O2S. The van der Waals surface area contributed by atoms with Gasteiger partial charge in [0.25, 0.3) is 0 Å². The summed E-state index contributed by atoms with van der Waals surface area (Å²) in [4.78, 5) is 22.0. The van der Waals surface area contributed by atoms with E-state index < -0.39 is 12.1 Å². The Morgan fingerprint density at radius 2 is 2.08 bits per heavy atom. The van der Waals surface area contributed by atoms with Crippen LogP contribution in [0.4, 0.5) is 13.2 Å². The van der Waals surface area contributed by atoms with Crippen molar-refractivity contribution in [3.8, 4) is 0 Å². The molecule has 0 aromatic carbocycles. The van der Waals surface area contributed by atoms with Crippen molar-refractivity contribution in [2.45, 2.75) is 30.1 Å². The average Bonchev–Trinajstić information content (AvgIpc) is 3.11. The van der Waals surface area contributed by atoms with E-state index in [9.17, 15) is 18.0 Å². The summed E-state index contributed by atoms with van der Waals surface area (Å²) in [6.07, 6.45) is -0.234. The minimum absolute atomic E-state index is 0.0797. The second-order valence-corrected chi connectivity index (χ2v) is 6.38. The van der Waals surface area contributed by atoms with Gasteiger partial charge in [0.1, 0.15) is 0 Å². The van der Waals surface area contributed by atoms with Crippen molar-refractivity contribution in [1.82, 2.24) is 25.1 Å². The van der Waals surface area contributed by atoms with Crippen LogP contribution in [-0.2, 0) is 11.0 Å². The zero-order valence-corrected chi connectivity index (χ0v) is 13.8. The van der Waals surface area contributed by atoms with Gasteiger partial charge in [-0.15, -0.1) is 10.2 Å². The Bertz CT molecular complexity index is 725. The Morgan fingerprint density at radius 3 is 2.76 bits per heavy atom. The van der Waals surface area contributed by atoms with Crippen LogP contribution < -0.4 is 0 Å². The second kappa shape index (κ2) is 7.38. The minimum Gasteiger partial charge on any atom is -0.417 e. The van der Waals surface area contributed by atoms with E-state index in [0.29, 0.717) is 24.5 Å². The fourth-order valence-corrected chi connectivity index (χ4v) is 3.20. The van der Waals surface area contributed by atoms with Gasteiger partial charge in [-0.2, -0.15) is 13.2 Å². The minimum atomic E-state index is -4.66. The van der Waals surface area contributed by atoms with E-state index in [-0.39, 0.29) is 30.0 Å². The lowest BCUT2D eigenvalue weighted by Gasteiger charge is -2.31. The van der Waals surface area contributed by atoms with Crippen LogP contribution in [0, 0.1) is 0 Å². The Morgan fingerprint density at radius 1 is 1.32 bits per heavy atom. The summed E-state index contributed by atoms with van der Waals surface area (Å²) in [5, 5.41) is 7.03. The van der Waals surface area contributed by atoms with E-state index in [1.807, 2.05) is 0 Å². The Balaban J connectivity index is 1.59. The van der Waals surface area contributed by atoms with Crippen molar-refractivity contribution < 1.29 is 22.4 Å². The lowest BCUT2D eigenvalue weighted by Crippen LogP contribution is -2.40. The van der Waals surface area contributed by atoms with Crippen LogP contribution in [0.5, 0.6) is 0 Å². The highest BCUT2D eigenvalue weighted by Gasteiger charge is 2.39. The number of amides is 1. The number of halogens is 3. The van der Waals surface area contributed by atoms with Gasteiger partial charge in [0.05, 0.1) is 11.7 Å². The third-order valence-corrected chi connectivity index (χ3v) is 4.53. The van der Waals surface area contributed by atoms with Crippen LogP contribution in [0.25, 0.3) is 0 Å². The molecule has 1 aliphatic rings. The SMILES string of the molecule is O=C(CSc1ncccn1)N1CCC[C@@H](c2nnc(C(F)(F)F)o2)C1. The molecule has 7 nitrogen and oxygen atoms in total. The van der Waals surface area contributed by atoms with Gasteiger partial charge in [0.2, 0.25) is 11.8 Å². The van der Waals surface area contributed by atoms with E-state index in [4.69, 9.17) is 4.42 Å². The molecule has 0 N–H and O–H groups in total. The number of hydrogen-bond donors (Lipinski definition) is 0. The molecule has 25 heavy (non-hydrogen) atoms. The highest BCUT2D eigenvalue weighted by atomic mass is 32.2. The molecule has 1 saturated heterocycles. The van der Waals surface area contributed by atoms with Crippen molar-refractivity contribution in [3.05, 3.63) is 30.2 Å².